The Kier molecular flexibility index (Phi) is 6.61. The SMILES string of the molecule is CC(C)C(NC(=O)C1CCCCCCC1)C(N)=S. The average Bonchev–Trinajstić information content (AvgIpc) is 2.24. The first-order valence-electron chi connectivity index (χ1n) is 7.12. The Labute approximate surface area is 116 Å². The molecule has 1 atom stereocenters. The van der Waals surface area contributed by atoms with Crippen molar-refractivity contribution in [3.8, 4) is 0 Å². The maximum atomic E-state index is 12.3. The first kappa shape index (κ1) is 15.4. The molecule has 0 aromatic carbocycles. The van der Waals surface area contributed by atoms with Crippen LogP contribution in [0.25, 0.3) is 0 Å². The lowest BCUT2D eigenvalue weighted by Crippen LogP contribution is -2.48. The van der Waals surface area contributed by atoms with Gasteiger partial charge < -0.3 is 11.1 Å². The zero-order valence-electron chi connectivity index (χ0n) is 11.6. The minimum absolute atomic E-state index is 0.142. The van der Waals surface area contributed by atoms with Gasteiger partial charge >= 0.3 is 0 Å². The van der Waals surface area contributed by atoms with Crippen LogP contribution in [0.15, 0.2) is 0 Å². The molecule has 1 fully saturated rings. The van der Waals surface area contributed by atoms with Crippen molar-refractivity contribution in [2.24, 2.45) is 17.6 Å². The van der Waals surface area contributed by atoms with Gasteiger partial charge in [-0.05, 0) is 18.8 Å². The summed E-state index contributed by atoms with van der Waals surface area (Å²) in [6.45, 7) is 4.06. The summed E-state index contributed by atoms with van der Waals surface area (Å²) < 4.78 is 0. The van der Waals surface area contributed by atoms with Crippen LogP contribution < -0.4 is 11.1 Å². The third-order valence-electron chi connectivity index (χ3n) is 3.75. The maximum Gasteiger partial charge on any atom is 0.223 e. The lowest BCUT2D eigenvalue weighted by Gasteiger charge is -2.25. The molecule has 0 radical (unpaired) electrons. The zero-order valence-corrected chi connectivity index (χ0v) is 12.4. The van der Waals surface area contributed by atoms with E-state index in [2.05, 4.69) is 5.32 Å². The van der Waals surface area contributed by atoms with Crippen LogP contribution in [-0.2, 0) is 4.79 Å². The van der Waals surface area contributed by atoms with E-state index in [9.17, 15) is 4.79 Å². The van der Waals surface area contributed by atoms with Crippen molar-refractivity contribution in [3.63, 3.8) is 0 Å². The van der Waals surface area contributed by atoms with E-state index < -0.39 is 0 Å². The van der Waals surface area contributed by atoms with Gasteiger partial charge in [-0.3, -0.25) is 4.79 Å². The van der Waals surface area contributed by atoms with Gasteiger partial charge in [-0.25, -0.2) is 0 Å². The van der Waals surface area contributed by atoms with E-state index in [1.165, 1.54) is 19.3 Å². The molecule has 0 aromatic heterocycles. The first-order chi connectivity index (χ1) is 8.52. The molecule has 18 heavy (non-hydrogen) atoms. The highest BCUT2D eigenvalue weighted by Crippen LogP contribution is 2.22. The minimum Gasteiger partial charge on any atom is -0.392 e. The number of amides is 1. The molecule has 0 aromatic rings. The van der Waals surface area contributed by atoms with Gasteiger partial charge in [0.1, 0.15) is 0 Å². The Hall–Kier alpha value is -0.640. The molecule has 1 amide bonds. The molecule has 0 heterocycles. The third-order valence-corrected chi connectivity index (χ3v) is 4.00. The molecule has 1 aliphatic rings. The van der Waals surface area contributed by atoms with Crippen molar-refractivity contribution < 1.29 is 4.79 Å². The Morgan fingerprint density at radius 1 is 1.17 bits per heavy atom. The van der Waals surface area contributed by atoms with Gasteiger partial charge in [0, 0.05) is 5.92 Å². The van der Waals surface area contributed by atoms with Gasteiger partial charge in [0.05, 0.1) is 11.0 Å². The lowest BCUT2D eigenvalue weighted by atomic mass is 9.90. The van der Waals surface area contributed by atoms with Gasteiger partial charge in [0.25, 0.3) is 0 Å². The molecule has 0 spiro atoms. The van der Waals surface area contributed by atoms with Gasteiger partial charge in [-0.2, -0.15) is 0 Å². The van der Waals surface area contributed by atoms with Crippen LogP contribution in [-0.4, -0.2) is 16.9 Å². The second-order valence-corrected chi connectivity index (χ2v) is 6.15. The average molecular weight is 270 g/mol. The van der Waals surface area contributed by atoms with E-state index in [1.807, 2.05) is 13.8 Å². The number of thiocarbonyl (C=S) groups is 1. The number of rotatable bonds is 4. The number of nitrogens with two attached hydrogens (primary N) is 1. The molecule has 0 aliphatic heterocycles. The van der Waals surface area contributed by atoms with Crippen molar-refractivity contribution >= 4 is 23.1 Å². The van der Waals surface area contributed by atoms with Gasteiger partial charge in [-0.1, -0.05) is 58.2 Å². The molecule has 0 bridgehead atoms. The fourth-order valence-electron chi connectivity index (χ4n) is 2.56. The highest BCUT2D eigenvalue weighted by Gasteiger charge is 2.24. The monoisotopic (exact) mass is 270 g/mol. The number of carbonyl (C=O) groups excluding carboxylic acids is 1. The molecule has 3 nitrogen and oxygen atoms in total. The molecule has 1 unspecified atom stereocenters. The Morgan fingerprint density at radius 2 is 1.67 bits per heavy atom. The van der Waals surface area contributed by atoms with E-state index in [0.717, 1.165) is 25.7 Å². The number of carbonyl (C=O) groups is 1. The van der Waals surface area contributed by atoms with E-state index in [0.29, 0.717) is 4.99 Å². The molecule has 1 saturated carbocycles. The van der Waals surface area contributed by atoms with Crippen LogP contribution in [0, 0.1) is 11.8 Å². The fourth-order valence-corrected chi connectivity index (χ4v) is 2.89. The van der Waals surface area contributed by atoms with Crippen molar-refractivity contribution in [2.75, 3.05) is 0 Å². The highest BCUT2D eigenvalue weighted by atomic mass is 32.1. The zero-order chi connectivity index (χ0) is 13.5. The largest absolute Gasteiger partial charge is 0.392 e. The van der Waals surface area contributed by atoms with Gasteiger partial charge in [-0.15, -0.1) is 0 Å². The maximum absolute atomic E-state index is 12.3. The van der Waals surface area contributed by atoms with Crippen LogP contribution in [0.4, 0.5) is 0 Å². The third kappa shape index (κ3) is 4.92. The van der Waals surface area contributed by atoms with E-state index >= 15 is 0 Å². The molecular weight excluding hydrogens is 244 g/mol. The Morgan fingerprint density at radius 3 is 2.11 bits per heavy atom. The van der Waals surface area contributed by atoms with Crippen molar-refractivity contribution in [3.05, 3.63) is 0 Å². The molecule has 104 valence electrons. The standard InChI is InChI=1S/C14H26N2OS/c1-10(2)12(13(15)18)16-14(17)11-8-6-4-3-5-7-9-11/h10-12H,3-9H2,1-2H3,(H2,15,18)(H,16,17). The second kappa shape index (κ2) is 7.72. The van der Waals surface area contributed by atoms with Crippen molar-refractivity contribution in [2.45, 2.75) is 64.8 Å². The molecule has 4 heteroatoms. The smallest absolute Gasteiger partial charge is 0.223 e. The highest BCUT2D eigenvalue weighted by molar-refractivity contribution is 7.80. The summed E-state index contributed by atoms with van der Waals surface area (Å²) in [6, 6.07) is -0.169. The summed E-state index contributed by atoms with van der Waals surface area (Å²) >= 11 is 5.02. The van der Waals surface area contributed by atoms with Crippen molar-refractivity contribution in [1.29, 1.82) is 0 Å². The van der Waals surface area contributed by atoms with Crippen LogP contribution in [0.5, 0.6) is 0 Å². The second-order valence-electron chi connectivity index (χ2n) is 5.67. The van der Waals surface area contributed by atoms with Gasteiger partial charge in [0.15, 0.2) is 0 Å². The number of hydrogen-bond donors (Lipinski definition) is 2. The van der Waals surface area contributed by atoms with Crippen LogP contribution >= 0.6 is 12.2 Å². The predicted octanol–water partition coefficient (Wildman–Crippen LogP) is 2.77. The normalized spacial score (nSPS) is 19.9. The summed E-state index contributed by atoms with van der Waals surface area (Å²) in [6.07, 6.45) is 8.17. The topological polar surface area (TPSA) is 55.1 Å². The summed E-state index contributed by atoms with van der Waals surface area (Å²) in [4.78, 5) is 12.6. The quantitative estimate of drug-likeness (QED) is 0.772. The minimum atomic E-state index is -0.169. The lowest BCUT2D eigenvalue weighted by molar-refractivity contribution is -0.126. The predicted molar refractivity (Wildman–Crippen MR) is 79.4 cm³/mol. The molecule has 3 N–H and O–H groups in total. The van der Waals surface area contributed by atoms with Crippen LogP contribution in [0.2, 0.25) is 0 Å². The fraction of sp³-hybridized carbons (Fsp3) is 0.857. The Balaban J connectivity index is 2.53. The number of hydrogen-bond acceptors (Lipinski definition) is 2. The molecule has 0 saturated heterocycles. The van der Waals surface area contributed by atoms with Crippen LogP contribution in [0.3, 0.4) is 0 Å². The van der Waals surface area contributed by atoms with Crippen molar-refractivity contribution in [1.82, 2.24) is 5.32 Å². The summed E-state index contributed by atoms with van der Waals surface area (Å²) in [7, 11) is 0. The summed E-state index contributed by atoms with van der Waals surface area (Å²) in [5.74, 6) is 0.546. The van der Waals surface area contributed by atoms with Gasteiger partial charge in [0.2, 0.25) is 5.91 Å². The number of nitrogens with one attached hydrogen (secondary N) is 1. The summed E-state index contributed by atoms with van der Waals surface area (Å²) in [5.41, 5.74) is 5.69. The molecule has 1 rings (SSSR count). The van der Waals surface area contributed by atoms with E-state index in [-0.39, 0.29) is 23.8 Å². The van der Waals surface area contributed by atoms with E-state index in [4.69, 9.17) is 18.0 Å². The molecule has 1 aliphatic carbocycles. The summed E-state index contributed by atoms with van der Waals surface area (Å²) in [5, 5.41) is 3.03. The van der Waals surface area contributed by atoms with Crippen LogP contribution in [0.1, 0.15) is 58.8 Å². The first-order valence-corrected chi connectivity index (χ1v) is 7.53. The Bertz CT molecular complexity index is 284. The molecular formula is C14H26N2OS. The van der Waals surface area contributed by atoms with E-state index in [1.54, 1.807) is 0 Å².